The van der Waals surface area contributed by atoms with Crippen LogP contribution < -0.4 is 14.4 Å². The molecule has 1 aliphatic rings. The van der Waals surface area contributed by atoms with Crippen LogP contribution in [0.5, 0.6) is 11.5 Å². The van der Waals surface area contributed by atoms with E-state index in [4.69, 9.17) is 9.47 Å². The van der Waals surface area contributed by atoms with Crippen LogP contribution in [0, 0.1) is 0 Å². The first kappa shape index (κ1) is 20.8. The minimum absolute atomic E-state index is 0.0528. The maximum atomic E-state index is 12.5. The van der Waals surface area contributed by atoms with Crippen LogP contribution in [0.1, 0.15) is 30.4 Å². The minimum atomic E-state index is -0.0528. The van der Waals surface area contributed by atoms with Crippen molar-refractivity contribution in [2.45, 2.75) is 25.8 Å². The first-order chi connectivity index (χ1) is 14.1. The molecule has 0 aliphatic carbocycles. The highest BCUT2D eigenvalue weighted by molar-refractivity contribution is 5.92. The van der Waals surface area contributed by atoms with E-state index in [1.54, 1.807) is 37.3 Å². The van der Waals surface area contributed by atoms with Crippen LogP contribution in [0.3, 0.4) is 0 Å². The zero-order valence-corrected chi connectivity index (χ0v) is 17.6. The van der Waals surface area contributed by atoms with Gasteiger partial charge in [-0.15, -0.1) is 0 Å². The Bertz CT molecular complexity index is 840. The molecule has 1 heterocycles. The third-order valence-electron chi connectivity index (χ3n) is 5.30. The van der Waals surface area contributed by atoms with Gasteiger partial charge in [0.25, 0.3) is 0 Å². The van der Waals surface area contributed by atoms with E-state index in [9.17, 15) is 4.79 Å². The number of piperidine rings is 1. The van der Waals surface area contributed by atoms with Gasteiger partial charge in [-0.05, 0) is 55.2 Å². The standard InChI is InChI=1S/C24H30N2O3/c1-25(18-19-7-11-21(12-8-19)26-15-5-4-6-16-26)24(27)14-10-20-9-13-22(28-2)17-23(20)29-3/h7-14,17H,4-6,15-16,18H2,1-3H3/b14-10+. The van der Waals surface area contributed by atoms with Gasteiger partial charge in [0, 0.05) is 50.1 Å². The lowest BCUT2D eigenvalue weighted by Gasteiger charge is -2.29. The average Bonchev–Trinajstić information content (AvgIpc) is 2.78. The van der Waals surface area contributed by atoms with E-state index in [0.717, 1.165) is 30.0 Å². The Kier molecular flexibility index (Phi) is 7.17. The molecule has 0 atom stereocenters. The monoisotopic (exact) mass is 394 g/mol. The fourth-order valence-corrected chi connectivity index (χ4v) is 3.56. The quantitative estimate of drug-likeness (QED) is 0.654. The van der Waals surface area contributed by atoms with Crippen molar-refractivity contribution in [3.05, 3.63) is 59.7 Å². The molecule has 5 heteroatoms. The topological polar surface area (TPSA) is 42.0 Å². The van der Waals surface area contributed by atoms with E-state index < -0.39 is 0 Å². The number of anilines is 1. The number of carbonyl (C=O) groups is 1. The van der Waals surface area contributed by atoms with Crippen LogP contribution in [0.15, 0.2) is 48.5 Å². The van der Waals surface area contributed by atoms with Crippen molar-refractivity contribution in [2.75, 3.05) is 39.3 Å². The third-order valence-corrected chi connectivity index (χ3v) is 5.30. The summed E-state index contributed by atoms with van der Waals surface area (Å²) in [6.45, 7) is 2.85. The molecule has 0 radical (unpaired) electrons. The lowest BCUT2D eigenvalue weighted by molar-refractivity contribution is -0.125. The fraction of sp³-hybridized carbons (Fsp3) is 0.375. The molecule has 5 nitrogen and oxygen atoms in total. The Morgan fingerprint density at radius 3 is 2.41 bits per heavy atom. The summed E-state index contributed by atoms with van der Waals surface area (Å²) < 4.78 is 10.6. The molecule has 1 aliphatic heterocycles. The Labute approximate surface area is 173 Å². The minimum Gasteiger partial charge on any atom is -0.497 e. The van der Waals surface area contributed by atoms with Crippen LogP contribution >= 0.6 is 0 Å². The van der Waals surface area contributed by atoms with Crippen molar-refractivity contribution in [1.82, 2.24) is 4.90 Å². The maximum absolute atomic E-state index is 12.5. The van der Waals surface area contributed by atoms with Gasteiger partial charge in [0.1, 0.15) is 11.5 Å². The fourth-order valence-electron chi connectivity index (χ4n) is 3.56. The van der Waals surface area contributed by atoms with Gasteiger partial charge in [-0.2, -0.15) is 0 Å². The molecular formula is C24H30N2O3. The second kappa shape index (κ2) is 10.0. The summed E-state index contributed by atoms with van der Waals surface area (Å²) in [6.07, 6.45) is 7.22. The SMILES string of the molecule is COc1ccc(/C=C/C(=O)N(C)Cc2ccc(N3CCCCC3)cc2)c(OC)c1. The molecule has 2 aromatic rings. The highest BCUT2D eigenvalue weighted by Gasteiger charge is 2.11. The number of likely N-dealkylation sites (N-methyl/N-ethyl adjacent to an activating group) is 1. The summed E-state index contributed by atoms with van der Waals surface area (Å²) in [6, 6.07) is 14.1. The van der Waals surface area contributed by atoms with Crippen LogP contribution in [-0.2, 0) is 11.3 Å². The molecule has 0 bridgehead atoms. The smallest absolute Gasteiger partial charge is 0.246 e. The molecule has 1 saturated heterocycles. The molecule has 0 aromatic heterocycles. The van der Waals surface area contributed by atoms with Crippen molar-refractivity contribution < 1.29 is 14.3 Å². The Morgan fingerprint density at radius 1 is 1.03 bits per heavy atom. The van der Waals surface area contributed by atoms with E-state index in [1.807, 2.05) is 19.2 Å². The molecule has 3 rings (SSSR count). The third kappa shape index (κ3) is 5.53. The van der Waals surface area contributed by atoms with Crippen LogP contribution in [0.25, 0.3) is 6.08 Å². The second-order valence-corrected chi connectivity index (χ2v) is 7.35. The van der Waals surface area contributed by atoms with Crippen LogP contribution in [0.2, 0.25) is 0 Å². The first-order valence-corrected chi connectivity index (χ1v) is 10.1. The largest absolute Gasteiger partial charge is 0.497 e. The molecule has 0 spiro atoms. The number of amides is 1. The summed E-state index contributed by atoms with van der Waals surface area (Å²) in [5, 5.41) is 0. The van der Waals surface area contributed by atoms with Gasteiger partial charge in [-0.3, -0.25) is 4.79 Å². The van der Waals surface area contributed by atoms with Gasteiger partial charge in [-0.25, -0.2) is 0 Å². The van der Waals surface area contributed by atoms with Crippen molar-refractivity contribution in [3.8, 4) is 11.5 Å². The average molecular weight is 395 g/mol. The van der Waals surface area contributed by atoms with Crippen molar-refractivity contribution in [2.24, 2.45) is 0 Å². The normalized spacial score (nSPS) is 14.1. The summed E-state index contributed by atoms with van der Waals surface area (Å²) in [4.78, 5) is 16.7. The maximum Gasteiger partial charge on any atom is 0.246 e. The number of rotatable bonds is 7. The van der Waals surface area contributed by atoms with E-state index in [1.165, 1.54) is 24.9 Å². The molecule has 2 aromatic carbocycles. The van der Waals surface area contributed by atoms with Gasteiger partial charge < -0.3 is 19.3 Å². The van der Waals surface area contributed by atoms with Crippen molar-refractivity contribution in [1.29, 1.82) is 0 Å². The molecule has 0 N–H and O–H groups in total. The van der Waals surface area contributed by atoms with E-state index in [-0.39, 0.29) is 5.91 Å². The number of nitrogens with zero attached hydrogens (tertiary/aromatic N) is 2. The van der Waals surface area contributed by atoms with Gasteiger partial charge in [0.2, 0.25) is 5.91 Å². The van der Waals surface area contributed by atoms with Gasteiger partial charge in [0.05, 0.1) is 14.2 Å². The lowest BCUT2D eigenvalue weighted by Crippen LogP contribution is -2.29. The van der Waals surface area contributed by atoms with Crippen molar-refractivity contribution >= 4 is 17.7 Å². The van der Waals surface area contributed by atoms with Gasteiger partial charge in [-0.1, -0.05) is 12.1 Å². The molecule has 0 saturated carbocycles. The first-order valence-electron chi connectivity index (χ1n) is 10.1. The number of ether oxygens (including phenoxy) is 2. The van der Waals surface area contributed by atoms with E-state index in [0.29, 0.717) is 12.3 Å². The van der Waals surface area contributed by atoms with Crippen LogP contribution in [-0.4, -0.2) is 45.2 Å². The molecule has 154 valence electrons. The lowest BCUT2D eigenvalue weighted by atomic mass is 10.1. The van der Waals surface area contributed by atoms with Gasteiger partial charge in [0.15, 0.2) is 0 Å². The Balaban J connectivity index is 1.59. The number of hydrogen-bond acceptors (Lipinski definition) is 4. The number of hydrogen-bond donors (Lipinski definition) is 0. The number of methoxy groups -OCH3 is 2. The van der Waals surface area contributed by atoms with E-state index >= 15 is 0 Å². The van der Waals surface area contributed by atoms with Gasteiger partial charge >= 0.3 is 0 Å². The van der Waals surface area contributed by atoms with Crippen molar-refractivity contribution in [3.63, 3.8) is 0 Å². The molecule has 1 amide bonds. The molecule has 29 heavy (non-hydrogen) atoms. The number of benzene rings is 2. The zero-order chi connectivity index (χ0) is 20.6. The predicted octanol–water partition coefficient (Wildman–Crippen LogP) is 4.37. The second-order valence-electron chi connectivity index (χ2n) is 7.35. The van der Waals surface area contributed by atoms with E-state index in [2.05, 4.69) is 29.2 Å². The molecule has 0 unspecified atom stereocenters. The summed E-state index contributed by atoms with van der Waals surface area (Å²) in [5.74, 6) is 1.34. The summed E-state index contributed by atoms with van der Waals surface area (Å²) in [5.41, 5.74) is 3.23. The highest BCUT2D eigenvalue weighted by atomic mass is 16.5. The Morgan fingerprint density at radius 2 is 1.76 bits per heavy atom. The predicted molar refractivity (Wildman–Crippen MR) is 118 cm³/mol. The molecular weight excluding hydrogens is 364 g/mol. The summed E-state index contributed by atoms with van der Waals surface area (Å²) in [7, 11) is 5.03. The zero-order valence-electron chi connectivity index (χ0n) is 17.6. The highest BCUT2D eigenvalue weighted by Crippen LogP contribution is 2.25. The molecule has 1 fully saturated rings. The number of carbonyl (C=O) groups excluding carboxylic acids is 1. The van der Waals surface area contributed by atoms with Crippen LogP contribution in [0.4, 0.5) is 5.69 Å². The summed E-state index contributed by atoms with van der Waals surface area (Å²) >= 11 is 0. The Hall–Kier alpha value is -2.95.